The van der Waals surface area contributed by atoms with Crippen molar-refractivity contribution in [2.24, 2.45) is 0 Å². The number of rotatable bonds is 6. The van der Waals surface area contributed by atoms with E-state index in [1.54, 1.807) is 37.0 Å². The fourth-order valence-corrected chi connectivity index (χ4v) is 2.09. The second-order valence-electron chi connectivity index (χ2n) is 3.40. The summed E-state index contributed by atoms with van der Waals surface area (Å²) in [6, 6.07) is 0. The third kappa shape index (κ3) is 3.55. The summed E-state index contributed by atoms with van der Waals surface area (Å²) in [6.07, 6.45) is 5.05. The predicted octanol–water partition coefficient (Wildman–Crippen LogP) is 1.34. The number of thiazole rings is 1. The Morgan fingerprint density at radius 2 is 2.35 bits per heavy atom. The van der Waals surface area contributed by atoms with E-state index in [1.807, 2.05) is 5.38 Å². The first-order chi connectivity index (χ1) is 8.40. The number of hydrogen-bond donors (Lipinski definition) is 1. The molecule has 0 aliphatic heterocycles. The number of nitrogens with one attached hydrogen (secondary N) is 1. The van der Waals surface area contributed by atoms with E-state index < -0.39 is 0 Å². The normalized spacial score (nSPS) is 10.6. The van der Waals surface area contributed by atoms with E-state index in [1.165, 1.54) is 0 Å². The monoisotopic (exact) mass is 250 g/mol. The zero-order valence-electron chi connectivity index (χ0n) is 9.59. The lowest BCUT2D eigenvalue weighted by atomic mass is 10.4. The Morgan fingerprint density at radius 1 is 1.41 bits per heavy atom. The Kier molecular flexibility index (Phi) is 4.54. The number of aromatic nitrogens is 3. The van der Waals surface area contributed by atoms with Crippen LogP contribution in [-0.4, -0.2) is 35.2 Å². The van der Waals surface area contributed by atoms with Crippen molar-refractivity contribution in [2.45, 2.75) is 6.54 Å². The zero-order valence-corrected chi connectivity index (χ0v) is 10.4. The van der Waals surface area contributed by atoms with E-state index in [4.69, 9.17) is 4.74 Å². The van der Waals surface area contributed by atoms with Gasteiger partial charge in [0.25, 0.3) is 0 Å². The fraction of sp³-hybridized carbons (Fsp3) is 0.364. The van der Waals surface area contributed by atoms with Crippen LogP contribution in [-0.2, 0) is 11.3 Å². The molecule has 2 rings (SSSR count). The van der Waals surface area contributed by atoms with Gasteiger partial charge in [-0.1, -0.05) is 0 Å². The van der Waals surface area contributed by atoms with Crippen molar-refractivity contribution in [3.05, 3.63) is 29.7 Å². The Labute approximate surface area is 104 Å². The molecule has 0 fully saturated rings. The predicted molar refractivity (Wildman–Crippen MR) is 66.7 cm³/mol. The maximum absolute atomic E-state index is 4.96. The van der Waals surface area contributed by atoms with Crippen LogP contribution in [0.4, 0.5) is 0 Å². The highest BCUT2D eigenvalue weighted by Crippen LogP contribution is 2.20. The van der Waals surface area contributed by atoms with E-state index in [0.717, 1.165) is 29.5 Å². The summed E-state index contributed by atoms with van der Waals surface area (Å²) in [5.74, 6) is 0. The molecule has 0 saturated heterocycles. The van der Waals surface area contributed by atoms with E-state index >= 15 is 0 Å². The van der Waals surface area contributed by atoms with E-state index in [0.29, 0.717) is 6.61 Å². The van der Waals surface area contributed by atoms with Crippen molar-refractivity contribution in [3.63, 3.8) is 0 Å². The number of nitrogens with zero attached hydrogens (tertiary/aromatic N) is 3. The second-order valence-corrected chi connectivity index (χ2v) is 4.26. The standard InChI is InChI=1S/C11H14N4OS/c1-16-5-4-13-6-9-8-17-11(15-9)10-7-12-2-3-14-10/h2-3,7-8,13H,4-6H2,1H3. The molecule has 2 aromatic heterocycles. The Bertz CT molecular complexity index is 446. The molecular weight excluding hydrogens is 236 g/mol. The molecular formula is C11H14N4OS. The molecule has 1 N–H and O–H groups in total. The van der Waals surface area contributed by atoms with Crippen molar-refractivity contribution in [1.82, 2.24) is 20.3 Å². The summed E-state index contributed by atoms with van der Waals surface area (Å²) in [5, 5.41) is 6.19. The number of ether oxygens (including phenoxy) is 1. The van der Waals surface area contributed by atoms with Crippen LogP contribution in [0.2, 0.25) is 0 Å². The molecule has 0 atom stereocenters. The first-order valence-corrected chi connectivity index (χ1v) is 6.18. The summed E-state index contributed by atoms with van der Waals surface area (Å²) in [5.41, 5.74) is 1.84. The molecule has 2 aromatic rings. The molecule has 2 heterocycles. The van der Waals surface area contributed by atoms with Crippen LogP contribution in [0.3, 0.4) is 0 Å². The van der Waals surface area contributed by atoms with Crippen molar-refractivity contribution in [2.75, 3.05) is 20.3 Å². The maximum atomic E-state index is 4.96. The summed E-state index contributed by atoms with van der Waals surface area (Å²) in [4.78, 5) is 12.7. The summed E-state index contributed by atoms with van der Waals surface area (Å²) in [7, 11) is 1.69. The van der Waals surface area contributed by atoms with Gasteiger partial charge in [-0.05, 0) is 0 Å². The van der Waals surface area contributed by atoms with Gasteiger partial charge in [-0.2, -0.15) is 0 Å². The molecule has 0 aliphatic rings. The van der Waals surface area contributed by atoms with Gasteiger partial charge in [0, 0.05) is 38.0 Å². The number of hydrogen-bond acceptors (Lipinski definition) is 6. The van der Waals surface area contributed by atoms with Crippen LogP contribution < -0.4 is 5.32 Å². The lowest BCUT2D eigenvalue weighted by Crippen LogP contribution is -2.18. The van der Waals surface area contributed by atoms with E-state index in [-0.39, 0.29) is 0 Å². The molecule has 0 aromatic carbocycles. The molecule has 0 radical (unpaired) electrons. The zero-order chi connectivity index (χ0) is 11.9. The first kappa shape index (κ1) is 12.1. The minimum atomic E-state index is 0.709. The van der Waals surface area contributed by atoms with Gasteiger partial charge in [0.05, 0.1) is 18.5 Å². The van der Waals surface area contributed by atoms with Gasteiger partial charge >= 0.3 is 0 Å². The van der Waals surface area contributed by atoms with E-state index in [9.17, 15) is 0 Å². The minimum absolute atomic E-state index is 0.709. The van der Waals surface area contributed by atoms with Gasteiger partial charge in [0.2, 0.25) is 0 Å². The highest BCUT2D eigenvalue weighted by atomic mass is 32.1. The largest absolute Gasteiger partial charge is 0.383 e. The van der Waals surface area contributed by atoms with Crippen molar-refractivity contribution in [1.29, 1.82) is 0 Å². The molecule has 90 valence electrons. The third-order valence-electron chi connectivity index (χ3n) is 2.12. The quantitative estimate of drug-likeness (QED) is 0.784. The second kappa shape index (κ2) is 6.39. The highest BCUT2D eigenvalue weighted by Gasteiger charge is 2.05. The Morgan fingerprint density at radius 3 is 3.12 bits per heavy atom. The highest BCUT2D eigenvalue weighted by molar-refractivity contribution is 7.13. The minimum Gasteiger partial charge on any atom is -0.383 e. The fourth-order valence-electron chi connectivity index (χ4n) is 1.31. The van der Waals surface area contributed by atoms with Crippen LogP contribution in [0.15, 0.2) is 24.0 Å². The molecule has 0 saturated carbocycles. The summed E-state index contributed by atoms with van der Waals surface area (Å²) >= 11 is 1.58. The molecule has 0 amide bonds. The van der Waals surface area contributed by atoms with Gasteiger partial charge in [-0.3, -0.25) is 9.97 Å². The Hall–Kier alpha value is -1.37. The third-order valence-corrected chi connectivity index (χ3v) is 3.04. The van der Waals surface area contributed by atoms with Crippen molar-refractivity contribution in [3.8, 4) is 10.7 Å². The van der Waals surface area contributed by atoms with Crippen LogP contribution in [0.25, 0.3) is 10.7 Å². The van der Waals surface area contributed by atoms with E-state index in [2.05, 4.69) is 20.3 Å². The number of methoxy groups -OCH3 is 1. The topological polar surface area (TPSA) is 59.9 Å². The van der Waals surface area contributed by atoms with Gasteiger partial charge in [0.15, 0.2) is 0 Å². The van der Waals surface area contributed by atoms with Gasteiger partial charge in [-0.15, -0.1) is 11.3 Å². The van der Waals surface area contributed by atoms with Crippen LogP contribution >= 0.6 is 11.3 Å². The summed E-state index contributed by atoms with van der Waals surface area (Å²) in [6.45, 7) is 2.29. The van der Waals surface area contributed by atoms with Gasteiger partial charge in [-0.25, -0.2) is 4.98 Å². The van der Waals surface area contributed by atoms with Crippen LogP contribution in [0.1, 0.15) is 5.69 Å². The van der Waals surface area contributed by atoms with Crippen LogP contribution in [0.5, 0.6) is 0 Å². The molecule has 0 bridgehead atoms. The molecule has 6 heteroatoms. The average Bonchev–Trinajstić information content (AvgIpc) is 2.85. The first-order valence-electron chi connectivity index (χ1n) is 5.30. The van der Waals surface area contributed by atoms with Crippen molar-refractivity contribution >= 4 is 11.3 Å². The smallest absolute Gasteiger partial charge is 0.143 e. The summed E-state index contributed by atoms with van der Waals surface area (Å²) < 4.78 is 4.96. The molecule has 17 heavy (non-hydrogen) atoms. The van der Waals surface area contributed by atoms with Gasteiger partial charge < -0.3 is 10.1 Å². The SMILES string of the molecule is COCCNCc1csc(-c2cnccn2)n1. The molecule has 0 aliphatic carbocycles. The maximum Gasteiger partial charge on any atom is 0.143 e. The van der Waals surface area contributed by atoms with Crippen LogP contribution in [0, 0.1) is 0 Å². The average molecular weight is 250 g/mol. The van der Waals surface area contributed by atoms with Gasteiger partial charge in [0.1, 0.15) is 10.7 Å². The van der Waals surface area contributed by atoms with Crippen molar-refractivity contribution < 1.29 is 4.74 Å². The molecule has 5 nitrogen and oxygen atoms in total. The lowest BCUT2D eigenvalue weighted by Gasteiger charge is -2.00. The Balaban J connectivity index is 1.92. The molecule has 0 spiro atoms. The molecule has 0 unspecified atom stereocenters. The lowest BCUT2D eigenvalue weighted by molar-refractivity contribution is 0.199.